The van der Waals surface area contributed by atoms with Crippen molar-refractivity contribution in [2.75, 3.05) is 13.1 Å². The number of esters is 1. The molecule has 0 bridgehead atoms. The van der Waals surface area contributed by atoms with Gasteiger partial charge in [-0.1, -0.05) is 13.8 Å². The molecular weight excluding hydrogens is 426 g/mol. The van der Waals surface area contributed by atoms with Gasteiger partial charge in [0.15, 0.2) is 0 Å². The molecule has 5 heteroatoms. The average Bonchev–Trinajstić information content (AvgIpc) is 3.14. The van der Waals surface area contributed by atoms with Crippen LogP contribution in [0.2, 0.25) is 0 Å². The van der Waals surface area contributed by atoms with Crippen LogP contribution in [-0.2, 0) is 14.3 Å². The maximum Gasteiger partial charge on any atom is 0.302 e. The third-order valence-corrected chi connectivity index (χ3v) is 12.1. The fraction of sp³-hybridized carbons (Fsp3) is 0.931. The van der Waals surface area contributed by atoms with E-state index in [4.69, 9.17) is 4.74 Å². The zero-order chi connectivity index (χ0) is 24.0. The molecule has 0 aromatic rings. The molecule has 0 spiro atoms. The van der Waals surface area contributed by atoms with E-state index in [9.17, 15) is 14.7 Å². The van der Waals surface area contributed by atoms with Gasteiger partial charge in [-0.3, -0.25) is 14.5 Å². The van der Waals surface area contributed by atoms with E-state index in [1.807, 2.05) is 0 Å². The van der Waals surface area contributed by atoms with E-state index in [1.165, 1.54) is 26.2 Å². The number of hydrogen-bond acceptors (Lipinski definition) is 5. The second kappa shape index (κ2) is 8.03. The van der Waals surface area contributed by atoms with E-state index in [-0.39, 0.29) is 23.4 Å². The Morgan fingerprint density at radius 3 is 2.53 bits per heavy atom. The maximum atomic E-state index is 13.5. The number of aliphatic hydroxyl groups is 1. The van der Waals surface area contributed by atoms with Crippen LogP contribution in [0.15, 0.2) is 0 Å². The molecule has 5 nitrogen and oxygen atoms in total. The molecule has 6 aliphatic rings. The van der Waals surface area contributed by atoms with Crippen molar-refractivity contribution in [3.05, 3.63) is 0 Å². The highest BCUT2D eigenvalue weighted by atomic mass is 16.5. The molecular formula is C29H45NO4. The van der Waals surface area contributed by atoms with Gasteiger partial charge in [-0.2, -0.15) is 0 Å². The first kappa shape index (κ1) is 23.5. The van der Waals surface area contributed by atoms with Crippen LogP contribution in [0.3, 0.4) is 0 Å². The zero-order valence-electron chi connectivity index (χ0n) is 21.7. The normalized spacial score (nSPS) is 54.8. The summed E-state index contributed by atoms with van der Waals surface area (Å²) in [6.45, 7) is 10.7. The van der Waals surface area contributed by atoms with Gasteiger partial charge in [-0.25, -0.2) is 0 Å². The molecule has 4 aliphatic carbocycles. The van der Waals surface area contributed by atoms with Crippen LogP contribution >= 0.6 is 0 Å². The van der Waals surface area contributed by atoms with E-state index < -0.39 is 5.60 Å². The fourth-order valence-corrected chi connectivity index (χ4v) is 10.7. The van der Waals surface area contributed by atoms with Gasteiger partial charge in [0.25, 0.3) is 0 Å². The van der Waals surface area contributed by atoms with Crippen molar-refractivity contribution in [2.24, 2.45) is 52.8 Å². The Balaban J connectivity index is 1.26. The third-order valence-electron chi connectivity index (χ3n) is 12.1. The van der Waals surface area contributed by atoms with Crippen molar-refractivity contribution in [1.29, 1.82) is 0 Å². The number of carbonyl (C=O) groups is 2. The lowest BCUT2D eigenvalue weighted by Gasteiger charge is -2.59. The molecule has 1 N–H and O–H groups in total. The number of ketones is 1. The molecule has 190 valence electrons. The predicted molar refractivity (Wildman–Crippen MR) is 130 cm³/mol. The summed E-state index contributed by atoms with van der Waals surface area (Å²) in [6.07, 6.45) is 9.19. The molecule has 2 heterocycles. The molecule has 0 aromatic heterocycles. The Labute approximate surface area is 205 Å². The summed E-state index contributed by atoms with van der Waals surface area (Å²) in [6, 6.07) is 0.324. The SMILES string of the molecule is CC(=O)O[C@@H]1CC[C@@]2(C)[C@H](C1)C(=O)C[C@H]1[C@@H]3CC[C@H]4[C@@H](CN5C[C@H](C)CC[C@H]5[C@@]4(C)O)[C@@H]3C[C@@H]12. The fourth-order valence-electron chi connectivity index (χ4n) is 10.7. The van der Waals surface area contributed by atoms with Crippen molar-refractivity contribution in [1.82, 2.24) is 4.90 Å². The van der Waals surface area contributed by atoms with Gasteiger partial charge in [-0.15, -0.1) is 0 Å². The monoisotopic (exact) mass is 471 g/mol. The number of ether oxygens (including phenoxy) is 1. The second-order valence-electron chi connectivity index (χ2n) is 13.8. The number of nitrogens with zero attached hydrogens (tertiary/aromatic N) is 1. The maximum absolute atomic E-state index is 13.5. The third kappa shape index (κ3) is 3.38. The lowest BCUT2D eigenvalue weighted by molar-refractivity contribution is -0.175. The molecule has 0 radical (unpaired) electrons. The summed E-state index contributed by atoms with van der Waals surface area (Å²) in [5.41, 5.74) is -0.547. The first-order valence-corrected chi connectivity index (χ1v) is 14.3. The quantitative estimate of drug-likeness (QED) is 0.572. The second-order valence-corrected chi connectivity index (χ2v) is 13.8. The van der Waals surface area contributed by atoms with Gasteiger partial charge < -0.3 is 9.84 Å². The molecule has 34 heavy (non-hydrogen) atoms. The largest absolute Gasteiger partial charge is 0.463 e. The van der Waals surface area contributed by atoms with Crippen molar-refractivity contribution in [2.45, 2.75) is 103 Å². The Morgan fingerprint density at radius 2 is 1.76 bits per heavy atom. The van der Waals surface area contributed by atoms with Gasteiger partial charge in [-0.05, 0) is 105 Å². The van der Waals surface area contributed by atoms with Crippen LogP contribution in [0, 0.1) is 52.8 Å². The van der Waals surface area contributed by atoms with Crippen molar-refractivity contribution in [3.63, 3.8) is 0 Å². The highest BCUT2D eigenvalue weighted by molar-refractivity contribution is 5.83. The van der Waals surface area contributed by atoms with Crippen LogP contribution in [0.4, 0.5) is 0 Å². The number of carbonyl (C=O) groups excluding carboxylic acids is 2. The number of rotatable bonds is 1. The summed E-state index contributed by atoms with van der Waals surface area (Å²) < 4.78 is 5.57. The van der Waals surface area contributed by atoms with Crippen LogP contribution < -0.4 is 0 Å². The van der Waals surface area contributed by atoms with E-state index in [0.29, 0.717) is 47.3 Å². The lowest BCUT2D eigenvalue weighted by atomic mass is 9.51. The number of fused-ring (bicyclic) bond motifs is 8. The lowest BCUT2D eigenvalue weighted by Crippen LogP contribution is -2.67. The first-order valence-electron chi connectivity index (χ1n) is 14.3. The molecule has 2 saturated heterocycles. The molecule has 2 aliphatic heterocycles. The first-order chi connectivity index (χ1) is 16.1. The van der Waals surface area contributed by atoms with Gasteiger partial charge >= 0.3 is 5.97 Å². The number of piperidine rings is 2. The van der Waals surface area contributed by atoms with E-state index in [2.05, 4.69) is 25.7 Å². The van der Waals surface area contributed by atoms with Gasteiger partial charge in [0.1, 0.15) is 11.9 Å². The van der Waals surface area contributed by atoms with Crippen LogP contribution in [-0.4, -0.2) is 52.6 Å². The van der Waals surface area contributed by atoms with Gasteiger partial charge in [0.05, 0.1) is 5.60 Å². The molecule has 0 amide bonds. The molecule has 6 rings (SSSR count). The van der Waals surface area contributed by atoms with E-state index in [1.54, 1.807) is 0 Å². The molecule has 0 aromatic carbocycles. The minimum Gasteiger partial charge on any atom is -0.463 e. The van der Waals surface area contributed by atoms with Gasteiger partial charge in [0.2, 0.25) is 0 Å². The standard InChI is InChI=1S/C29H45NO4/c1-16-5-8-27-29(4,33)23-7-6-19-20(22(23)15-30(27)14-16)12-24-21(19)13-26(32)25-11-18(34-17(2)31)9-10-28(24,25)3/h16,18-25,27,33H,5-15H2,1-4H3/t16-,18-,19-,20-,21+,22+,23+,24+,25-,27+,28-,29+/m1/s1. The summed E-state index contributed by atoms with van der Waals surface area (Å²) >= 11 is 0. The van der Waals surface area contributed by atoms with Crippen molar-refractivity contribution < 1.29 is 19.4 Å². The molecule has 6 fully saturated rings. The van der Waals surface area contributed by atoms with Gasteiger partial charge in [0, 0.05) is 38.4 Å². The molecule has 4 saturated carbocycles. The minimum atomic E-state index is -0.591. The highest BCUT2D eigenvalue weighted by Gasteiger charge is 2.64. The van der Waals surface area contributed by atoms with Crippen LogP contribution in [0.5, 0.6) is 0 Å². The molecule has 12 atom stereocenters. The smallest absolute Gasteiger partial charge is 0.302 e. The Hall–Kier alpha value is -0.940. The summed E-state index contributed by atoms with van der Waals surface area (Å²) in [4.78, 5) is 27.7. The molecule has 0 unspecified atom stereocenters. The predicted octanol–water partition coefficient (Wildman–Crippen LogP) is 4.46. The topological polar surface area (TPSA) is 66.8 Å². The summed E-state index contributed by atoms with van der Waals surface area (Å²) in [5.74, 6) is 4.37. The van der Waals surface area contributed by atoms with E-state index >= 15 is 0 Å². The zero-order valence-corrected chi connectivity index (χ0v) is 21.7. The van der Waals surface area contributed by atoms with Crippen molar-refractivity contribution in [3.8, 4) is 0 Å². The Kier molecular flexibility index (Phi) is 5.54. The summed E-state index contributed by atoms with van der Waals surface area (Å²) in [7, 11) is 0. The van der Waals surface area contributed by atoms with Crippen molar-refractivity contribution >= 4 is 11.8 Å². The Morgan fingerprint density at radius 1 is 0.971 bits per heavy atom. The highest BCUT2D eigenvalue weighted by Crippen LogP contribution is 2.66. The minimum absolute atomic E-state index is 0.0445. The number of Topliss-reactive ketones (excluding diaryl/α,β-unsaturated/α-hetero) is 1. The summed E-state index contributed by atoms with van der Waals surface area (Å²) in [5, 5.41) is 11.9. The Bertz CT molecular complexity index is 855. The van der Waals surface area contributed by atoms with Crippen LogP contribution in [0.25, 0.3) is 0 Å². The average molecular weight is 472 g/mol. The van der Waals surface area contributed by atoms with Crippen LogP contribution in [0.1, 0.15) is 85.5 Å². The number of hydrogen-bond donors (Lipinski definition) is 1. The van der Waals surface area contributed by atoms with E-state index in [0.717, 1.165) is 57.5 Å².